The lowest BCUT2D eigenvalue weighted by Gasteiger charge is -2.52. The average Bonchev–Trinajstić information content (AvgIpc) is 2.81. The van der Waals surface area contributed by atoms with Gasteiger partial charge in [-0.3, -0.25) is 5.10 Å². The van der Waals surface area contributed by atoms with E-state index in [4.69, 9.17) is 4.74 Å². The Morgan fingerprint density at radius 2 is 2.41 bits per heavy atom. The highest BCUT2D eigenvalue weighted by molar-refractivity contribution is 5.05. The molecule has 0 radical (unpaired) electrons. The molecule has 1 heterocycles. The van der Waals surface area contributed by atoms with Crippen molar-refractivity contribution in [1.82, 2.24) is 20.5 Å². The molecule has 0 bridgehead atoms. The fourth-order valence-corrected chi connectivity index (χ4v) is 2.46. The number of nitrogens with one attached hydrogen (secondary N) is 2. The molecule has 1 aliphatic rings. The largest absolute Gasteiger partial charge is 0.378 e. The first-order chi connectivity index (χ1) is 8.05. The zero-order valence-corrected chi connectivity index (χ0v) is 11.0. The third-order valence-electron chi connectivity index (χ3n) is 3.84. The van der Waals surface area contributed by atoms with Crippen molar-refractivity contribution in [1.29, 1.82) is 0 Å². The number of aromatic nitrogens is 3. The summed E-state index contributed by atoms with van der Waals surface area (Å²) in [5.41, 5.74) is 0.185. The van der Waals surface area contributed by atoms with E-state index in [1.54, 1.807) is 6.33 Å². The Hall–Kier alpha value is -0.940. The van der Waals surface area contributed by atoms with Crippen molar-refractivity contribution < 1.29 is 4.74 Å². The zero-order valence-electron chi connectivity index (χ0n) is 11.0. The molecular weight excluding hydrogens is 216 g/mol. The molecule has 2 N–H and O–H groups in total. The molecule has 1 saturated carbocycles. The lowest BCUT2D eigenvalue weighted by atomic mass is 9.64. The van der Waals surface area contributed by atoms with Crippen molar-refractivity contribution >= 4 is 0 Å². The first-order valence-electron chi connectivity index (χ1n) is 6.28. The molecule has 1 fully saturated rings. The van der Waals surface area contributed by atoms with Crippen LogP contribution in [0.2, 0.25) is 0 Å². The van der Waals surface area contributed by atoms with Gasteiger partial charge in [-0.1, -0.05) is 13.8 Å². The molecule has 1 aromatic heterocycles. The van der Waals surface area contributed by atoms with Gasteiger partial charge < -0.3 is 10.1 Å². The van der Waals surface area contributed by atoms with Crippen LogP contribution in [-0.4, -0.2) is 33.9 Å². The molecule has 5 nitrogen and oxygen atoms in total. The summed E-state index contributed by atoms with van der Waals surface area (Å²) < 4.78 is 5.72. The van der Waals surface area contributed by atoms with Crippen molar-refractivity contribution in [2.24, 2.45) is 5.41 Å². The van der Waals surface area contributed by atoms with E-state index >= 15 is 0 Å². The van der Waals surface area contributed by atoms with Gasteiger partial charge in [0.05, 0.1) is 12.1 Å². The molecule has 96 valence electrons. The Morgan fingerprint density at radius 3 is 2.94 bits per heavy atom. The predicted molar refractivity (Wildman–Crippen MR) is 65.5 cm³/mol. The average molecular weight is 238 g/mol. The van der Waals surface area contributed by atoms with E-state index in [1.165, 1.54) is 0 Å². The number of rotatable bonds is 5. The maximum absolute atomic E-state index is 5.72. The molecule has 1 aliphatic carbocycles. The highest BCUT2D eigenvalue weighted by atomic mass is 16.5. The SMILES string of the molecule is CCOC1CC(NC(C)c2ncn[nH]2)C1(C)C. The van der Waals surface area contributed by atoms with Crippen LogP contribution in [0.15, 0.2) is 6.33 Å². The first-order valence-corrected chi connectivity index (χ1v) is 6.28. The Balaban J connectivity index is 1.89. The number of nitrogens with zero attached hydrogens (tertiary/aromatic N) is 2. The summed E-state index contributed by atoms with van der Waals surface area (Å²) in [4.78, 5) is 4.17. The van der Waals surface area contributed by atoms with Gasteiger partial charge in [-0.2, -0.15) is 5.10 Å². The van der Waals surface area contributed by atoms with E-state index in [9.17, 15) is 0 Å². The van der Waals surface area contributed by atoms with E-state index in [1.807, 2.05) is 6.92 Å². The van der Waals surface area contributed by atoms with Crippen LogP contribution in [-0.2, 0) is 4.74 Å². The Labute approximate surface area is 102 Å². The molecule has 2 rings (SSSR count). The standard InChI is InChI=1S/C12H22N4O/c1-5-17-10-6-9(12(10,3)4)15-8(2)11-13-7-14-16-11/h7-10,15H,5-6H2,1-4H3,(H,13,14,16). The van der Waals surface area contributed by atoms with Crippen LogP contribution in [0.5, 0.6) is 0 Å². The van der Waals surface area contributed by atoms with Crippen LogP contribution in [0.3, 0.4) is 0 Å². The van der Waals surface area contributed by atoms with Crippen LogP contribution >= 0.6 is 0 Å². The second kappa shape index (κ2) is 4.74. The highest BCUT2D eigenvalue weighted by Gasteiger charge is 2.49. The first kappa shape index (κ1) is 12.5. The van der Waals surface area contributed by atoms with Crippen LogP contribution in [0.4, 0.5) is 0 Å². The maximum Gasteiger partial charge on any atom is 0.141 e. The number of H-pyrrole nitrogens is 1. The van der Waals surface area contributed by atoms with Crippen molar-refractivity contribution in [2.45, 2.75) is 52.3 Å². The molecule has 0 saturated heterocycles. The van der Waals surface area contributed by atoms with E-state index in [0.717, 1.165) is 18.9 Å². The molecule has 5 heteroatoms. The Bertz CT molecular complexity index is 349. The summed E-state index contributed by atoms with van der Waals surface area (Å²) >= 11 is 0. The van der Waals surface area contributed by atoms with Gasteiger partial charge in [0.1, 0.15) is 12.2 Å². The second-order valence-electron chi connectivity index (χ2n) is 5.31. The fourth-order valence-electron chi connectivity index (χ4n) is 2.46. The molecular formula is C12H22N4O. The van der Waals surface area contributed by atoms with Crippen molar-refractivity contribution in [3.8, 4) is 0 Å². The van der Waals surface area contributed by atoms with Gasteiger partial charge in [-0.25, -0.2) is 4.98 Å². The molecule has 17 heavy (non-hydrogen) atoms. The van der Waals surface area contributed by atoms with Gasteiger partial charge in [0.2, 0.25) is 0 Å². The minimum atomic E-state index is 0.185. The Morgan fingerprint density at radius 1 is 1.65 bits per heavy atom. The lowest BCUT2D eigenvalue weighted by molar-refractivity contribution is -0.116. The third kappa shape index (κ3) is 2.35. The summed E-state index contributed by atoms with van der Waals surface area (Å²) in [6.45, 7) is 9.44. The summed E-state index contributed by atoms with van der Waals surface area (Å²) in [6.07, 6.45) is 2.98. The van der Waals surface area contributed by atoms with Crippen LogP contribution < -0.4 is 5.32 Å². The highest BCUT2D eigenvalue weighted by Crippen LogP contribution is 2.43. The van der Waals surface area contributed by atoms with Gasteiger partial charge in [-0.15, -0.1) is 0 Å². The van der Waals surface area contributed by atoms with Crippen molar-refractivity contribution in [3.63, 3.8) is 0 Å². The molecule has 3 unspecified atom stereocenters. The van der Waals surface area contributed by atoms with Crippen LogP contribution in [0.25, 0.3) is 0 Å². The van der Waals surface area contributed by atoms with Crippen molar-refractivity contribution in [2.75, 3.05) is 6.61 Å². The lowest BCUT2D eigenvalue weighted by Crippen LogP contribution is -2.61. The second-order valence-corrected chi connectivity index (χ2v) is 5.31. The summed E-state index contributed by atoms with van der Waals surface area (Å²) in [6, 6.07) is 0.670. The van der Waals surface area contributed by atoms with Gasteiger partial charge in [0.25, 0.3) is 0 Å². The van der Waals surface area contributed by atoms with E-state index < -0.39 is 0 Å². The van der Waals surface area contributed by atoms with Crippen molar-refractivity contribution in [3.05, 3.63) is 12.2 Å². The normalized spacial score (nSPS) is 28.7. The molecule has 3 atom stereocenters. The fraction of sp³-hybridized carbons (Fsp3) is 0.833. The minimum absolute atomic E-state index is 0.185. The number of ether oxygens (including phenoxy) is 1. The maximum atomic E-state index is 5.72. The number of hydrogen-bond donors (Lipinski definition) is 2. The van der Waals surface area contributed by atoms with E-state index in [-0.39, 0.29) is 11.5 Å². The molecule has 0 amide bonds. The molecule has 0 spiro atoms. The van der Waals surface area contributed by atoms with Crippen LogP contribution in [0, 0.1) is 5.41 Å². The Kier molecular flexibility index (Phi) is 3.49. The zero-order chi connectivity index (χ0) is 12.5. The number of hydrogen-bond acceptors (Lipinski definition) is 4. The summed E-state index contributed by atoms with van der Waals surface area (Å²) in [5, 5.41) is 10.4. The monoisotopic (exact) mass is 238 g/mol. The van der Waals surface area contributed by atoms with E-state index in [0.29, 0.717) is 12.1 Å². The minimum Gasteiger partial charge on any atom is -0.378 e. The van der Waals surface area contributed by atoms with Gasteiger partial charge in [0, 0.05) is 18.1 Å². The topological polar surface area (TPSA) is 62.8 Å². The smallest absolute Gasteiger partial charge is 0.141 e. The van der Waals surface area contributed by atoms with E-state index in [2.05, 4.69) is 41.3 Å². The van der Waals surface area contributed by atoms with Crippen LogP contribution in [0.1, 0.15) is 46.0 Å². The number of aromatic amines is 1. The quantitative estimate of drug-likeness (QED) is 0.819. The summed E-state index contributed by atoms with van der Waals surface area (Å²) in [5.74, 6) is 0.889. The molecule has 0 aliphatic heterocycles. The molecule has 1 aromatic rings. The predicted octanol–water partition coefficient (Wildman–Crippen LogP) is 1.66. The van der Waals surface area contributed by atoms with Gasteiger partial charge in [-0.05, 0) is 20.3 Å². The van der Waals surface area contributed by atoms with Gasteiger partial charge in [0.15, 0.2) is 0 Å². The van der Waals surface area contributed by atoms with Gasteiger partial charge >= 0.3 is 0 Å². The summed E-state index contributed by atoms with van der Waals surface area (Å²) in [7, 11) is 0. The molecule has 0 aromatic carbocycles. The third-order valence-corrected chi connectivity index (χ3v) is 3.84.